The number of rotatable bonds is 8. The fourth-order valence-corrected chi connectivity index (χ4v) is 5.25. The summed E-state index contributed by atoms with van der Waals surface area (Å²) in [6, 6.07) is 13.9. The molecule has 1 aliphatic rings. The predicted octanol–water partition coefficient (Wildman–Crippen LogP) is 4.84. The molecule has 2 aromatic carbocycles. The topological polar surface area (TPSA) is 123 Å². The molecule has 1 N–H and O–H groups in total. The largest absolute Gasteiger partial charge is 0.475 e. The molecule has 244 valence electrons. The van der Waals surface area contributed by atoms with Gasteiger partial charge in [0, 0.05) is 48.8 Å². The van der Waals surface area contributed by atoms with E-state index >= 15 is 4.39 Å². The van der Waals surface area contributed by atoms with E-state index in [0.717, 1.165) is 38.5 Å². The standard InChI is InChI=1S/C36H35FN8O3/c1-24-15-32(37)31(35(46)41-28-17-27(36(3,4)22-38)18-30(19-28)44-21-25(2)40-23-44)16-26(24)5-6-29-20-39-33-7-8-34(42-45(29)33)48-14-11-43-9-12-47-13-10-43/h7-8,15-21,23H,9-14H2,1-4H3,(H,41,46). The Morgan fingerprint density at radius 2 is 1.92 bits per heavy atom. The molecule has 12 heteroatoms. The molecule has 0 atom stereocenters. The minimum atomic E-state index is -0.842. The Labute approximate surface area is 277 Å². The first-order chi connectivity index (χ1) is 23.1. The van der Waals surface area contributed by atoms with Crippen LogP contribution in [0.5, 0.6) is 5.88 Å². The predicted molar refractivity (Wildman–Crippen MR) is 178 cm³/mol. The van der Waals surface area contributed by atoms with Gasteiger partial charge in [0.2, 0.25) is 5.88 Å². The van der Waals surface area contributed by atoms with Crippen molar-refractivity contribution in [2.24, 2.45) is 0 Å². The van der Waals surface area contributed by atoms with Gasteiger partial charge in [-0.25, -0.2) is 18.9 Å². The van der Waals surface area contributed by atoms with E-state index in [-0.39, 0.29) is 5.56 Å². The second-order valence-corrected chi connectivity index (χ2v) is 12.2. The molecule has 1 aliphatic heterocycles. The van der Waals surface area contributed by atoms with Gasteiger partial charge in [-0.3, -0.25) is 9.69 Å². The third-order valence-corrected chi connectivity index (χ3v) is 8.17. The second-order valence-electron chi connectivity index (χ2n) is 12.2. The van der Waals surface area contributed by atoms with Crippen LogP contribution in [0.2, 0.25) is 0 Å². The summed E-state index contributed by atoms with van der Waals surface area (Å²) in [5.74, 6) is 5.26. The lowest BCUT2D eigenvalue weighted by Gasteiger charge is -2.26. The van der Waals surface area contributed by atoms with Crippen molar-refractivity contribution < 1.29 is 18.7 Å². The van der Waals surface area contributed by atoms with Crippen LogP contribution in [0.3, 0.4) is 0 Å². The summed E-state index contributed by atoms with van der Waals surface area (Å²) in [5.41, 5.74) is 3.77. The van der Waals surface area contributed by atoms with E-state index in [0.29, 0.717) is 51.9 Å². The SMILES string of the molecule is Cc1cn(-c2cc(NC(=O)c3cc(C#Cc4cnc5ccc(OCCN6CCOCC6)nn45)c(C)cc3F)cc(C(C)(C)C#N)c2)cn1. The number of aryl methyl sites for hydroxylation is 2. The number of ether oxygens (including phenoxy) is 2. The van der Waals surface area contributed by atoms with Crippen molar-refractivity contribution in [3.8, 4) is 29.5 Å². The van der Waals surface area contributed by atoms with Crippen LogP contribution < -0.4 is 10.1 Å². The molecule has 48 heavy (non-hydrogen) atoms. The number of halogens is 1. The van der Waals surface area contributed by atoms with Crippen molar-refractivity contribution in [2.45, 2.75) is 33.1 Å². The number of imidazole rings is 2. The fraction of sp³-hybridized carbons (Fsp3) is 0.306. The van der Waals surface area contributed by atoms with E-state index in [1.807, 2.05) is 19.2 Å². The molecule has 5 aromatic rings. The Balaban J connectivity index is 1.23. The van der Waals surface area contributed by atoms with Crippen molar-refractivity contribution in [1.82, 2.24) is 29.0 Å². The fourth-order valence-electron chi connectivity index (χ4n) is 5.25. The smallest absolute Gasteiger partial charge is 0.258 e. The number of hydrogen-bond acceptors (Lipinski definition) is 8. The van der Waals surface area contributed by atoms with Crippen LogP contribution >= 0.6 is 0 Å². The first-order valence-corrected chi connectivity index (χ1v) is 15.6. The maximum absolute atomic E-state index is 15.2. The minimum Gasteiger partial charge on any atom is -0.475 e. The Kier molecular flexibility index (Phi) is 9.21. The number of aromatic nitrogens is 5. The van der Waals surface area contributed by atoms with Crippen LogP contribution in [-0.4, -0.2) is 74.4 Å². The number of hydrogen-bond donors (Lipinski definition) is 1. The summed E-state index contributed by atoms with van der Waals surface area (Å²) in [4.78, 5) is 24.4. The zero-order chi connectivity index (χ0) is 33.8. The highest BCUT2D eigenvalue weighted by Crippen LogP contribution is 2.29. The van der Waals surface area contributed by atoms with Crippen molar-refractivity contribution in [2.75, 3.05) is 44.8 Å². The molecule has 1 saturated heterocycles. The van der Waals surface area contributed by atoms with Gasteiger partial charge in [0.15, 0.2) is 5.65 Å². The van der Waals surface area contributed by atoms with Crippen LogP contribution in [0.1, 0.15) is 52.3 Å². The van der Waals surface area contributed by atoms with Crippen LogP contribution in [0.15, 0.2) is 61.2 Å². The van der Waals surface area contributed by atoms with Crippen molar-refractivity contribution >= 4 is 17.2 Å². The number of amides is 1. The van der Waals surface area contributed by atoms with Gasteiger partial charge >= 0.3 is 0 Å². The highest BCUT2D eigenvalue weighted by molar-refractivity contribution is 6.05. The van der Waals surface area contributed by atoms with Crippen LogP contribution in [0.25, 0.3) is 11.3 Å². The van der Waals surface area contributed by atoms with Crippen LogP contribution in [0, 0.1) is 42.8 Å². The van der Waals surface area contributed by atoms with E-state index < -0.39 is 17.1 Å². The van der Waals surface area contributed by atoms with Crippen LogP contribution in [-0.2, 0) is 10.2 Å². The normalized spacial score (nSPS) is 13.5. The molecular formula is C36H35FN8O3. The summed E-state index contributed by atoms with van der Waals surface area (Å²) in [5, 5.41) is 17.2. The first kappa shape index (κ1) is 32.4. The highest BCUT2D eigenvalue weighted by Gasteiger charge is 2.23. The number of carbonyl (C=O) groups excluding carboxylic acids is 1. The second kappa shape index (κ2) is 13.7. The number of morpholine rings is 1. The summed E-state index contributed by atoms with van der Waals surface area (Å²) >= 11 is 0. The summed E-state index contributed by atoms with van der Waals surface area (Å²) in [6.45, 7) is 11.7. The molecule has 0 aliphatic carbocycles. The van der Waals surface area contributed by atoms with Crippen molar-refractivity contribution in [3.63, 3.8) is 0 Å². The Bertz CT molecular complexity index is 2090. The lowest BCUT2D eigenvalue weighted by molar-refractivity contribution is 0.0319. The average molecular weight is 647 g/mol. The van der Waals surface area contributed by atoms with Gasteiger partial charge in [-0.2, -0.15) is 5.26 Å². The van der Waals surface area contributed by atoms with Crippen molar-refractivity contribution in [1.29, 1.82) is 5.26 Å². The van der Waals surface area contributed by atoms with E-state index in [2.05, 4.69) is 43.2 Å². The third kappa shape index (κ3) is 7.20. The molecule has 0 radical (unpaired) electrons. The van der Waals surface area contributed by atoms with E-state index in [1.54, 1.807) is 66.6 Å². The monoisotopic (exact) mass is 646 g/mol. The molecule has 1 fully saturated rings. The maximum Gasteiger partial charge on any atom is 0.258 e. The van der Waals surface area contributed by atoms with Gasteiger partial charge in [-0.05, 0) is 81.1 Å². The average Bonchev–Trinajstić information content (AvgIpc) is 3.70. The molecule has 0 bridgehead atoms. The van der Waals surface area contributed by atoms with Gasteiger partial charge in [0.25, 0.3) is 5.91 Å². The molecular weight excluding hydrogens is 611 g/mol. The van der Waals surface area contributed by atoms with E-state index in [4.69, 9.17) is 9.47 Å². The van der Waals surface area contributed by atoms with Crippen molar-refractivity contribution in [3.05, 3.63) is 101 Å². The lowest BCUT2D eigenvalue weighted by Crippen LogP contribution is -2.38. The van der Waals surface area contributed by atoms with E-state index in [9.17, 15) is 10.1 Å². The lowest BCUT2D eigenvalue weighted by atomic mass is 9.86. The molecule has 0 unspecified atom stereocenters. The molecule has 0 saturated carbocycles. The number of carbonyl (C=O) groups is 1. The Hall–Kier alpha value is -5.56. The highest BCUT2D eigenvalue weighted by atomic mass is 19.1. The van der Waals surface area contributed by atoms with Gasteiger partial charge < -0.3 is 19.4 Å². The van der Waals surface area contributed by atoms with Gasteiger partial charge in [-0.1, -0.05) is 5.92 Å². The Morgan fingerprint density at radius 3 is 2.67 bits per heavy atom. The number of fused-ring (bicyclic) bond motifs is 1. The zero-order valence-corrected chi connectivity index (χ0v) is 27.2. The van der Waals surface area contributed by atoms with Gasteiger partial charge in [0.1, 0.15) is 18.1 Å². The number of anilines is 1. The number of nitrogens with one attached hydrogen (secondary N) is 1. The maximum atomic E-state index is 15.2. The molecule has 11 nitrogen and oxygen atoms in total. The zero-order valence-electron chi connectivity index (χ0n) is 27.2. The number of nitrogens with zero attached hydrogens (tertiary/aromatic N) is 7. The van der Waals surface area contributed by atoms with Gasteiger partial charge in [-0.15, -0.1) is 5.10 Å². The summed E-state index contributed by atoms with van der Waals surface area (Å²) < 4.78 is 29.9. The quantitative estimate of drug-likeness (QED) is 0.238. The van der Waals surface area contributed by atoms with Gasteiger partial charge in [0.05, 0.1) is 48.5 Å². The molecule has 6 rings (SSSR count). The molecule has 0 spiro atoms. The number of nitriles is 1. The molecule has 3 aromatic heterocycles. The third-order valence-electron chi connectivity index (χ3n) is 8.17. The Morgan fingerprint density at radius 1 is 1.10 bits per heavy atom. The van der Waals surface area contributed by atoms with Crippen LogP contribution in [0.4, 0.5) is 10.1 Å². The minimum absolute atomic E-state index is 0.165. The first-order valence-electron chi connectivity index (χ1n) is 15.6. The number of benzene rings is 2. The molecule has 1 amide bonds. The molecule has 4 heterocycles. The summed E-state index contributed by atoms with van der Waals surface area (Å²) in [7, 11) is 0. The van der Waals surface area contributed by atoms with E-state index in [1.165, 1.54) is 12.1 Å². The summed E-state index contributed by atoms with van der Waals surface area (Å²) in [6.07, 6.45) is 5.10.